The minimum Gasteiger partial charge on any atom is -0.353 e. The third kappa shape index (κ3) is 3.85. The molecule has 0 aliphatic carbocycles. The summed E-state index contributed by atoms with van der Waals surface area (Å²) < 4.78 is 14.9. The maximum Gasteiger partial charge on any atom is 0.227 e. The third-order valence-corrected chi connectivity index (χ3v) is 4.94. The monoisotopic (exact) mass is 380 g/mol. The summed E-state index contributed by atoms with van der Waals surface area (Å²) in [6.07, 6.45) is 5.45. The van der Waals surface area contributed by atoms with Gasteiger partial charge < -0.3 is 9.80 Å². The van der Waals surface area contributed by atoms with Crippen LogP contribution in [0.4, 0.5) is 10.2 Å². The second-order valence-corrected chi connectivity index (χ2v) is 6.75. The molecular weight excluding hydrogens is 359 g/mol. The molecule has 0 bridgehead atoms. The summed E-state index contributed by atoms with van der Waals surface area (Å²) >= 11 is 0. The zero-order valence-electron chi connectivity index (χ0n) is 15.6. The zero-order chi connectivity index (χ0) is 19.5. The number of benzene rings is 1. The number of hydrogen-bond donors (Lipinski definition) is 0. The molecule has 2 aromatic heterocycles. The molecule has 1 aliphatic heterocycles. The molecule has 1 amide bonds. The first-order valence-corrected chi connectivity index (χ1v) is 9.20. The van der Waals surface area contributed by atoms with Crippen LogP contribution in [0.3, 0.4) is 0 Å². The van der Waals surface area contributed by atoms with Crippen LogP contribution in [-0.2, 0) is 11.2 Å². The topological polar surface area (TPSA) is 67.2 Å². The number of nitrogens with zero attached hydrogens (tertiary/aromatic N) is 6. The Kier molecular flexibility index (Phi) is 5.01. The van der Waals surface area contributed by atoms with Gasteiger partial charge in [-0.2, -0.15) is 0 Å². The first kappa shape index (κ1) is 18.1. The van der Waals surface area contributed by atoms with Crippen molar-refractivity contribution >= 4 is 11.7 Å². The van der Waals surface area contributed by atoms with Crippen molar-refractivity contribution in [2.75, 3.05) is 31.1 Å². The smallest absolute Gasteiger partial charge is 0.227 e. The van der Waals surface area contributed by atoms with Crippen LogP contribution in [0.2, 0.25) is 0 Å². The third-order valence-electron chi connectivity index (χ3n) is 4.94. The molecule has 3 aromatic rings. The molecular formula is C20H21FN6O. The zero-order valence-corrected chi connectivity index (χ0v) is 15.6. The summed E-state index contributed by atoms with van der Waals surface area (Å²) in [5.41, 5.74) is 0.824. The van der Waals surface area contributed by atoms with Gasteiger partial charge in [0.05, 0.1) is 6.42 Å². The molecule has 0 N–H and O–H groups in total. The Morgan fingerprint density at radius 2 is 1.75 bits per heavy atom. The fraction of sp³-hybridized carbons (Fsp3) is 0.300. The number of rotatable bonds is 4. The molecule has 0 saturated carbocycles. The van der Waals surface area contributed by atoms with Gasteiger partial charge in [-0.05, 0) is 24.6 Å². The summed E-state index contributed by atoms with van der Waals surface area (Å²) in [6.45, 7) is 4.59. The Labute approximate surface area is 162 Å². The van der Waals surface area contributed by atoms with Crippen molar-refractivity contribution in [2.24, 2.45) is 0 Å². The van der Waals surface area contributed by atoms with Crippen molar-refractivity contribution < 1.29 is 9.18 Å². The number of aromatic nitrogens is 4. The number of imidazole rings is 1. The van der Waals surface area contributed by atoms with Crippen LogP contribution in [0.1, 0.15) is 11.4 Å². The molecule has 144 valence electrons. The lowest BCUT2D eigenvalue weighted by Gasteiger charge is -2.35. The molecule has 1 fully saturated rings. The highest BCUT2D eigenvalue weighted by atomic mass is 19.1. The van der Waals surface area contributed by atoms with Gasteiger partial charge in [0.2, 0.25) is 5.91 Å². The van der Waals surface area contributed by atoms with E-state index in [0.717, 1.165) is 23.0 Å². The second-order valence-electron chi connectivity index (χ2n) is 6.75. The van der Waals surface area contributed by atoms with Crippen LogP contribution in [0.15, 0.2) is 49.1 Å². The van der Waals surface area contributed by atoms with E-state index in [-0.39, 0.29) is 18.1 Å². The summed E-state index contributed by atoms with van der Waals surface area (Å²) in [5, 5.41) is 0. The molecule has 1 aromatic carbocycles. The van der Waals surface area contributed by atoms with Crippen molar-refractivity contribution in [3.8, 4) is 5.82 Å². The van der Waals surface area contributed by atoms with Crippen molar-refractivity contribution in [1.82, 2.24) is 24.4 Å². The van der Waals surface area contributed by atoms with E-state index < -0.39 is 0 Å². The highest BCUT2D eigenvalue weighted by molar-refractivity contribution is 5.79. The average Bonchev–Trinajstić information content (AvgIpc) is 3.16. The number of piperazine rings is 1. The summed E-state index contributed by atoms with van der Waals surface area (Å²) in [6, 6.07) is 8.02. The highest BCUT2D eigenvalue weighted by Gasteiger charge is 2.22. The predicted octanol–water partition coefficient (Wildman–Crippen LogP) is 2.00. The Morgan fingerprint density at radius 3 is 2.43 bits per heavy atom. The van der Waals surface area contributed by atoms with Crippen LogP contribution in [-0.4, -0.2) is 56.5 Å². The van der Waals surface area contributed by atoms with Gasteiger partial charge in [-0.15, -0.1) is 0 Å². The van der Waals surface area contributed by atoms with E-state index in [4.69, 9.17) is 0 Å². The normalized spacial score (nSPS) is 14.4. The number of halogens is 1. The van der Waals surface area contributed by atoms with Crippen LogP contribution in [0.5, 0.6) is 0 Å². The molecule has 4 rings (SSSR count). The molecule has 8 heteroatoms. The molecule has 1 aliphatic rings. The minimum atomic E-state index is -0.292. The quantitative estimate of drug-likeness (QED) is 0.693. The van der Waals surface area contributed by atoms with E-state index in [1.165, 1.54) is 12.1 Å². The molecule has 1 saturated heterocycles. The minimum absolute atomic E-state index is 0.0590. The van der Waals surface area contributed by atoms with Gasteiger partial charge in [-0.3, -0.25) is 9.36 Å². The lowest BCUT2D eigenvalue weighted by atomic mass is 10.1. The van der Waals surface area contributed by atoms with Crippen LogP contribution >= 0.6 is 0 Å². The van der Waals surface area contributed by atoms with E-state index in [2.05, 4.69) is 19.9 Å². The van der Waals surface area contributed by atoms with E-state index in [1.54, 1.807) is 24.7 Å². The van der Waals surface area contributed by atoms with Crippen molar-refractivity contribution in [3.63, 3.8) is 0 Å². The second kappa shape index (κ2) is 7.75. The molecule has 0 unspecified atom stereocenters. The van der Waals surface area contributed by atoms with Gasteiger partial charge in [0, 0.05) is 44.6 Å². The molecule has 0 spiro atoms. The SMILES string of the molecule is Cc1nccn1-c1cc(N2CCN(C(=O)Cc3ccc(F)cc3)CC2)ncn1. The number of carbonyl (C=O) groups is 1. The van der Waals surface area contributed by atoms with Crippen LogP contribution < -0.4 is 4.90 Å². The Bertz CT molecular complexity index is 963. The van der Waals surface area contributed by atoms with Gasteiger partial charge in [0.1, 0.15) is 29.6 Å². The Balaban J connectivity index is 1.38. The molecule has 0 radical (unpaired) electrons. The lowest BCUT2D eigenvalue weighted by Crippen LogP contribution is -2.49. The Morgan fingerprint density at radius 1 is 1.04 bits per heavy atom. The van der Waals surface area contributed by atoms with Crippen molar-refractivity contribution in [2.45, 2.75) is 13.3 Å². The number of aryl methyl sites for hydroxylation is 1. The highest BCUT2D eigenvalue weighted by Crippen LogP contribution is 2.17. The number of hydrogen-bond acceptors (Lipinski definition) is 5. The summed E-state index contributed by atoms with van der Waals surface area (Å²) in [5.74, 6) is 2.24. The number of amides is 1. The van der Waals surface area contributed by atoms with Crippen LogP contribution in [0, 0.1) is 12.7 Å². The summed E-state index contributed by atoms with van der Waals surface area (Å²) in [4.78, 5) is 29.5. The van der Waals surface area contributed by atoms with Gasteiger partial charge in [0.15, 0.2) is 0 Å². The van der Waals surface area contributed by atoms with Gasteiger partial charge in [-0.1, -0.05) is 12.1 Å². The fourth-order valence-corrected chi connectivity index (χ4v) is 3.34. The molecule has 28 heavy (non-hydrogen) atoms. The van der Waals surface area contributed by atoms with Crippen LogP contribution in [0.25, 0.3) is 5.82 Å². The predicted molar refractivity (Wildman–Crippen MR) is 103 cm³/mol. The van der Waals surface area contributed by atoms with Crippen molar-refractivity contribution in [3.05, 3.63) is 66.3 Å². The largest absolute Gasteiger partial charge is 0.353 e. The fourth-order valence-electron chi connectivity index (χ4n) is 3.34. The van der Waals surface area contributed by atoms with Gasteiger partial charge in [0.25, 0.3) is 0 Å². The van der Waals surface area contributed by atoms with E-state index in [9.17, 15) is 9.18 Å². The maximum absolute atomic E-state index is 13.0. The van der Waals surface area contributed by atoms with Gasteiger partial charge >= 0.3 is 0 Å². The molecule has 3 heterocycles. The number of anilines is 1. The standard InChI is InChI=1S/C20H21FN6O/c1-15-22-6-7-27(15)19-13-18(23-14-24-19)25-8-10-26(11-9-25)20(28)12-16-2-4-17(21)5-3-16/h2-7,13-14H,8-12H2,1H3. The number of carbonyl (C=O) groups excluding carboxylic acids is 1. The maximum atomic E-state index is 13.0. The Hall–Kier alpha value is -3.29. The molecule has 7 nitrogen and oxygen atoms in total. The van der Waals surface area contributed by atoms with Gasteiger partial charge in [-0.25, -0.2) is 19.3 Å². The average molecular weight is 380 g/mol. The first-order chi connectivity index (χ1) is 13.6. The molecule has 0 atom stereocenters. The van der Waals surface area contributed by atoms with E-state index in [0.29, 0.717) is 26.2 Å². The van der Waals surface area contributed by atoms with Crippen molar-refractivity contribution in [1.29, 1.82) is 0 Å². The van der Waals surface area contributed by atoms with E-state index >= 15 is 0 Å². The first-order valence-electron chi connectivity index (χ1n) is 9.20. The summed E-state index contributed by atoms with van der Waals surface area (Å²) in [7, 11) is 0. The lowest BCUT2D eigenvalue weighted by molar-refractivity contribution is -0.130. The van der Waals surface area contributed by atoms with E-state index in [1.807, 2.05) is 28.7 Å².